The van der Waals surface area contributed by atoms with Crippen LogP contribution < -0.4 is 5.48 Å². The van der Waals surface area contributed by atoms with Crippen LogP contribution in [-0.4, -0.2) is 62.2 Å². The van der Waals surface area contributed by atoms with Crippen LogP contribution in [0.15, 0.2) is 93.1 Å². The molecule has 0 aliphatic carbocycles. The normalized spacial score (nSPS) is 17.6. The van der Waals surface area contributed by atoms with Crippen molar-refractivity contribution in [2.45, 2.75) is 22.3 Å². The summed E-state index contributed by atoms with van der Waals surface area (Å²) >= 11 is 3.25. The molecule has 0 spiro atoms. The van der Waals surface area contributed by atoms with E-state index < -0.39 is 38.5 Å². The predicted molar refractivity (Wildman–Crippen MR) is 136 cm³/mol. The van der Waals surface area contributed by atoms with Crippen molar-refractivity contribution in [2.24, 2.45) is 0 Å². The second kappa shape index (κ2) is 10.8. The Morgan fingerprint density at radius 1 is 0.833 bits per heavy atom. The number of hydrogen-bond donors (Lipinski definition) is 2. The fourth-order valence-electron chi connectivity index (χ4n) is 4.04. The minimum Gasteiger partial charge on any atom is -0.289 e. The van der Waals surface area contributed by atoms with Crippen molar-refractivity contribution in [1.29, 1.82) is 0 Å². The zero-order chi connectivity index (χ0) is 25.9. The zero-order valence-corrected chi connectivity index (χ0v) is 22.2. The lowest BCUT2D eigenvalue weighted by Crippen LogP contribution is -2.61. The monoisotopic (exact) mass is 593 g/mol. The molecule has 1 amide bonds. The number of sulfonamides is 2. The van der Waals surface area contributed by atoms with Gasteiger partial charge in [0.15, 0.2) is 0 Å². The van der Waals surface area contributed by atoms with Gasteiger partial charge >= 0.3 is 0 Å². The van der Waals surface area contributed by atoms with Gasteiger partial charge in [-0.25, -0.2) is 22.3 Å². The van der Waals surface area contributed by atoms with Crippen LogP contribution in [0, 0.1) is 0 Å². The molecule has 36 heavy (non-hydrogen) atoms. The summed E-state index contributed by atoms with van der Waals surface area (Å²) in [7, 11) is -8.15. The Labute approximate surface area is 218 Å². The summed E-state index contributed by atoms with van der Waals surface area (Å²) in [5.41, 5.74) is 3.49. The number of amides is 1. The highest BCUT2D eigenvalue weighted by molar-refractivity contribution is 9.10. The molecule has 1 saturated heterocycles. The van der Waals surface area contributed by atoms with Gasteiger partial charge in [-0.15, -0.1) is 0 Å². The first kappa shape index (κ1) is 26.5. The highest BCUT2D eigenvalue weighted by atomic mass is 79.9. The van der Waals surface area contributed by atoms with Gasteiger partial charge in [0.1, 0.15) is 6.04 Å². The molecule has 1 aliphatic heterocycles. The molecule has 2 N–H and O–H groups in total. The summed E-state index contributed by atoms with van der Waals surface area (Å²) in [6.07, 6.45) is 0.645. The van der Waals surface area contributed by atoms with E-state index in [9.17, 15) is 26.8 Å². The van der Waals surface area contributed by atoms with Crippen LogP contribution in [-0.2, 0) is 31.3 Å². The molecule has 1 atom stereocenters. The average molecular weight is 595 g/mol. The Morgan fingerprint density at radius 3 is 2.00 bits per heavy atom. The van der Waals surface area contributed by atoms with Crippen LogP contribution in [0.2, 0.25) is 0 Å². The summed E-state index contributed by atoms with van der Waals surface area (Å²) in [6, 6.07) is 20.6. The maximum atomic E-state index is 13.3. The molecule has 1 fully saturated rings. The second-order valence-corrected chi connectivity index (χ2v) is 13.0. The van der Waals surface area contributed by atoms with E-state index in [1.165, 1.54) is 29.7 Å². The average Bonchev–Trinajstić information content (AvgIpc) is 2.89. The standard InChI is InChI=1S/C24H24BrN3O6S2/c25-20-8-12-22(13-9-20)36(33,34)28-15-14-27(17-23(28)24(29)26-30)35(31,32)21-10-6-19(7-11-21)16-18-4-2-1-3-5-18/h1-13,23,30H,14-17H2,(H,26,29). The Hall–Kier alpha value is -2.61. The molecule has 0 radical (unpaired) electrons. The van der Waals surface area contributed by atoms with Crippen molar-refractivity contribution in [3.8, 4) is 0 Å². The molecule has 0 bridgehead atoms. The van der Waals surface area contributed by atoms with Crippen molar-refractivity contribution >= 4 is 41.9 Å². The molecule has 9 nitrogen and oxygen atoms in total. The number of hydroxylamine groups is 1. The van der Waals surface area contributed by atoms with E-state index in [4.69, 9.17) is 0 Å². The second-order valence-electron chi connectivity index (χ2n) is 8.23. The molecule has 0 aromatic heterocycles. The molecule has 12 heteroatoms. The minimum atomic E-state index is -4.13. The minimum absolute atomic E-state index is 0.0340. The van der Waals surface area contributed by atoms with E-state index in [1.54, 1.807) is 24.3 Å². The number of piperazine rings is 1. The third kappa shape index (κ3) is 5.53. The number of nitrogens with one attached hydrogen (secondary N) is 1. The van der Waals surface area contributed by atoms with Crippen molar-refractivity contribution in [2.75, 3.05) is 19.6 Å². The molecule has 190 valence electrons. The van der Waals surface area contributed by atoms with E-state index in [0.717, 1.165) is 19.7 Å². The summed E-state index contributed by atoms with van der Waals surface area (Å²) in [4.78, 5) is 12.4. The maximum absolute atomic E-state index is 13.3. The SMILES string of the molecule is O=C(NO)C1CN(S(=O)(=O)c2ccc(Cc3ccccc3)cc2)CCN1S(=O)(=O)c1ccc(Br)cc1. The molecule has 3 aromatic rings. The molecule has 3 aromatic carbocycles. The largest absolute Gasteiger partial charge is 0.289 e. The van der Waals surface area contributed by atoms with Crippen molar-refractivity contribution < 1.29 is 26.8 Å². The van der Waals surface area contributed by atoms with Crippen molar-refractivity contribution in [3.63, 3.8) is 0 Å². The summed E-state index contributed by atoms with van der Waals surface area (Å²) in [6.45, 7) is -0.864. The van der Waals surface area contributed by atoms with Gasteiger partial charge in [0.2, 0.25) is 20.0 Å². The number of nitrogens with zero attached hydrogens (tertiary/aromatic N) is 2. The van der Waals surface area contributed by atoms with Crippen LogP contribution in [0.25, 0.3) is 0 Å². The molecule has 0 saturated carbocycles. The van der Waals surface area contributed by atoms with Crippen LogP contribution in [0.3, 0.4) is 0 Å². The fraction of sp³-hybridized carbons (Fsp3) is 0.208. The lowest BCUT2D eigenvalue weighted by molar-refractivity contribution is -0.134. The van der Waals surface area contributed by atoms with Gasteiger partial charge < -0.3 is 0 Å². The van der Waals surface area contributed by atoms with Gasteiger partial charge in [0, 0.05) is 24.1 Å². The Balaban J connectivity index is 1.56. The van der Waals surface area contributed by atoms with Gasteiger partial charge in [-0.05, 0) is 53.9 Å². The number of halogens is 1. The van der Waals surface area contributed by atoms with E-state index in [1.807, 2.05) is 30.3 Å². The molecule has 4 rings (SSSR count). The van der Waals surface area contributed by atoms with Crippen LogP contribution in [0.1, 0.15) is 11.1 Å². The van der Waals surface area contributed by atoms with Gasteiger partial charge in [0.05, 0.1) is 9.79 Å². The van der Waals surface area contributed by atoms with E-state index in [-0.39, 0.29) is 22.9 Å². The summed E-state index contributed by atoms with van der Waals surface area (Å²) in [5, 5.41) is 9.24. The van der Waals surface area contributed by atoms with Crippen LogP contribution >= 0.6 is 15.9 Å². The number of carbonyl (C=O) groups excluding carboxylic acids is 1. The zero-order valence-electron chi connectivity index (χ0n) is 19.0. The fourth-order valence-corrected chi connectivity index (χ4v) is 7.31. The third-order valence-electron chi connectivity index (χ3n) is 5.94. The number of carbonyl (C=O) groups is 1. The molecular weight excluding hydrogens is 570 g/mol. The first-order valence-electron chi connectivity index (χ1n) is 11.0. The Morgan fingerprint density at radius 2 is 1.39 bits per heavy atom. The number of benzene rings is 3. The van der Waals surface area contributed by atoms with Gasteiger partial charge in [-0.2, -0.15) is 8.61 Å². The topological polar surface area (TPSA) is 124 Å². The lowest BCUT2D eigenvalue weighted by Gasteiger charge is -2.38. The summed E-state index contributed by atoms with van der Waals surface area (Å²) < 4.78 is 55.8. The van der Waals surface area contributed by atoms with Gasteiger partial charge in [-0.1, -0.05) is 58.4 Å². The lowest BCUT2D eigenvalue weighted by atomic mass is 10.1. The van der Waals surface area contributed by atoms with Gasteiger partial charge in [-0.3, -0.25) is 10.0 Å². The van der Waals surface area contributed by atoms with Crippen LogP contribution in [0.4, 0.5) is 0 Å². The Bertz CT molecular complexity index is 1430. The van der Waals surface area contributed by atoms with Crippen molar-refractivity contribution in [1.82, 2.24) is 14.1 Å². The first-order chi connectivity index (χ1) is 17.1. The first-order valence-corrected chi connectivity index (χ1v) is 14.6. The highest BCUT2D eigenvalue weighted by Gasteiger charge is 2.43. The predicted octanol–water partition coefficient (Wildman–Crippen LogP) is 2.61. The molecule has 1 heterocycles. The smallest absolute Gasteiger partial charge is 0.263 e. The quantitative estimate of drug-likeness (QED) is 0.320. The van der Waals surface area contributed by atoms with Gasteiger partial charge in [0.25, 0.3) is 5.91 Å². The molecule has 1 aliphatic rings. The Kier molecular flexibility index (Phi) is 7.93. The summed E-state index contributed by atoms with van der Waals surface area (Å²) in [5.74, 6) is -1.02. The van der Waals surface area contributed by atoms with E-state index in [2.05, 4.69) is 15.9 Å². The third-order valence-corrected chi connectivity index (χ3v) is 10.3. The van der Waals surface area contributed by atoms with Crippen molar-refractivity contribution in [3.05, 3.63) is 94.5 Å². The van der Waals surface area contributed by atoms with E-state index >= 15 is 0 Å². The number of rotatable bonds is 7. The highest BCUT2D eigenvalue weighted by Crippen LogP contribution is 2.26. The van der Waals surface area contributed by atoms with Crippen LogP contribution in [0.5, 0.6) is 0 Å². The van der Waals surface area contributed by atoms with E-state index in [0.29, 0.717) is 10.9 Å². The maximum Gasteiger partial charge on any atom is 0.263 e. The molecular formula is C24H24BrN3O6S2. The number of hydrogen-bond acceptors (Lipinski definition) is 6. The molecule has 1 unspecified atom stereocenters.